The van der Waals surface area contributed by atoms with Crippen LogP contribution in [0.5, 0.6) is 0 Å². The first-order valence-corrected chi connectivity index (χ1v) is 12.2. The van der Waals surface area contributed by atoms with Gasteiger partial charge in [-0.15, -0.1) is 10.2 Å². The molecule has 194 valence electrons. The van der Waals surface area contributed by atoms with Crippen LogP contribution in [0.2, 0.25) is 0 Å². The Balaban J connectivity index is 1.51. The number of carbonyl (C=O) groups excluding carboxylic acids is 1. The Morgan fingerprint density at radius 1 is 1.03 bits per heavy atom. The minimum absolute atomic E-state index is 0.0533. The highest BCUT2D eigenvalue weighted by Crippen LogP contribution is 2.31. The molecule has 0 amide bonds. The standard InChI is InChI=1S/C29H27FN4O4/c1-17(18-13-14-24-21(15-18)19-9-6-8-12-23(19)37-24)31-26-28(36)34(16-25(35)38-29(2,3)4)27(33-32-26)20-10-5-7-11-22(20)30/h5-15,17H,16H2,1-4H3,(H,31,32)/t17-/m1/s1. The zero-order chi connectivity index (χ0) is 27.0. The van der Waals surface area contributed by atoms with Gasteiger partial charge in [-0.3, -0.25) is 14.2 Å². The van der Waals surface area contributed by atoms with Gasteiger partial charge in [-0.1, -0.05) is 36.4 Å². The normalized spacial score (nSPS) is 12.6. The predicted molar refractivity (Wildman–Crippen MR) is 143 cm³/mol. The highest BCUT2D eigenvalue weighted by Gasteiger charge is 2.23. The van der Waals surface area contributed by atoms with Crippen LogP contribution in [0.25, 0.3) is 33.3 Å². The fourth-order valence-electron chi connectivity index (χ4n) is 4.30. The van der Waals surface area contributed by atoms with E-state index in [0.717, 1.165) is 32.1 Å². The molecule has 0 aliphatic carbocycles. The minimum Gasteiger partial charge on any atom is -0.459 e. The number of hydrogen-bond donors (Lipinski definition) is 1. The first-order valence-electron chi connectivity index (χ1n) is 12.2. The van der Waals surface area contributed by atoms with Gasteiger partial charge in [0.2, 0.25) is 5.82 Å². The fourth-order valence-corrected chi connectivity index (χ4v) is 4.30. The highest BCUT2D eigenvalue weighted by atomic mass is 19.1. The maximum Gasteiger partial charge on any atom is 0.326 e. The van der Waals surface area contributed by atoms with Crippen molar-refractivity contribution in [2.24, 2.45) is 0 Å². The summed E-state index contributed by atoms with van der Waals surface area (Å²) in [6.07, 6.45) is 0. The van der Waals surface area contributed by atoms with Gasteiger partial charge in [0, 0.05) is 10.8 Å². The summed E-state index contributed by atoms with van der Waals surface area (Å²) in [7, 11) is 0. The first-order chi connectivity index (χ1) is 18.1. The third kappa shape index (κ3) is 5.00. The van der Waals surface area contributed by atoms with Crippen molar-refractivity contribution in [3.8, 4) is 11.4 Å². The summed E-state index contributed by atoms with van der Waals surface area (Å²) in [5.41, 5.74) is 1.12. The number of aromatic nitrogens is 3. The van der Waals surface area contributed by atoms with E-state index >= 15 is 0 Å². The topological polar surface area (TPSA) is 99.3 Å². The number of carbonyl (C=O) groups is 1. The number of nitrogens with zero attached hydrogens (tertiary/aromatic N) is 3. The molecule has 0 aliphatic rings. The van der Waals surface area contributed by atoms with E-state index in [4.69, 9.17) is 9.15 Å². The summed E-state index contributed by atoms with van der Waals surface area (Å²) in [5.74, 6) is -1.38. The zero-order valence-corrected chi connectivity index (χ0v) is 21.5. The smallest absolute Gasteiger partial charge is 0.326 e. The molecule has 0 radical (unpaired) electrons. The molecule has 2 heterocycles. The Hall–Kier alpha value is -4.53. The second-order valence-corrected chi connectivity index (χ2v) is 10.0. The van der Waals surface area contributed by atoms with Crippen molar-refractivity contribution >= 4 is 33.7 Å². The van der Waals surface area contributed by atoms with Gasteiger partial charge in [0.1, 0.15) is 29.1 Å². The Bertz CT molecular complexity index is 1720. The molecule has 1 atom stereocenters. The van der Waals surface area contributed by atoms with Crippen LogP contribution >= 0.6 is 0 Å². The van der Waals surface area contributed by atoms with E-state index in [1.54, 1.807) is 26.8 Å². The molecule has 3 aromatic carbocycles. The molecule has 1 N–H and O–H groups in total. The van der Waals surface area contributed by atoms with Crippen LogP contribution in [0.3, 0.4) is 0 Å². The molecule has 38 heavy (non-hydrogen) atoms. The molecular weight excluding hydrogens is 487 g/mol. The van der Waals surface area contributed by atoms with Gasteiger partial charge in [-0.05, 0) is 63.6 Å². The number of fused-ring (bicyclic) bond motifs is 3. The summed E-state index contributed by atoms with van der Waals surface area (Å²) in [6.45, 7) is 6.61. The fraction of sp³-hybridized carbons (Fsp3) is 0.241. The van der Waals surface area contributed by atoms with Crippen molar-refractivity contribution in [2.75, 3.05) is 5.32 Å². The van der Waals surface area contributed by atoms with Crippen LogP contribution in [0.1, 0.15) is 39.3 Å². The summed E-state index contributed by atoms with van der Waals surface area (Å²) in [6, 6.07) is 19.1. The largest absolute Gasteiger partial charge is 0.459 e. The van der Waals surface area contributed by atoms with Crippen molar-refractivity contribution in [2.45, 2.75) is 45.9 Å². The summed E-state index contributed by atoms with van der Waals surface area (Å²) in [5, 5.41) is 13.3. The minimum atomic E-state index is -0.759. The number of para-hydroxylation sites is 1. The lowest BCUT2D eigenvalue weighted by Gasteiger charge is -2.21. The Morgan fingerprint density at radius 2 is 1.74 bits per heavy atom. The van der Waals surface area contributed by atoms with Gasteiger partial charge in [-0.2, -0.15) is 0 Å². The van der Waals surface area contributed by atoms with Gasteiger partial charge in [0.25, 0.3) is 5.56 Å². The molecular formula is C29H27FN4O4. The van der Waals surface area contributed by atoms with Crippen molar-refractivity contribution in [3.05, 3.63) is 88.5 Å². The molecule has 2 aromatic heterocycles. The third-order valence-corrected chi connectivity index (χ3v) is 6.02. The van der Waals surface area contributed by atoms with Crippen LogP contribution in [-0.4, -0.2) is 26.3 Å². The third-order valence-electron chi connectivity index (χ3n) is 6.02. The number of halogens is 1. The summed E-state index contributed by atoms with van der Waals surface area (Å²) < 4.78 is 27.0. The molecule has 0 aliphatic heterocycles. The highest BCUT2D eigenvalue weighted by molar-refractivity contribution is 6.05. The summed E-state index contributed by atoms with van der Waals surface area (Å²) >= 11 is 0. The lowest BCUT2D eigenvalue weighted by molar-refractivity contribution is -0.155. The lowest BCUT2D eigenvalue weighted by Crippen LogP contribution is -2.34. The Kier molecular flexibility index (Phi) is 6.44. The molecule has 5 aromatic rings. The number of furan rings is 1. The van der Waals surface area contributed by atoms with Crippen LogP contribution in [0.4, 0.5) is 10.2 Å². The summed E-state index contributed by atoms with van der Waals surface area (Å²) in [4.78, 5) is 26.2. The maximum atomic E-state index is 14.6. The van der Waals surface area contributed by atoms with Crippen molar-refractivity contribution in [3.63, 3.8) is 0 Å². The number of esters is 1. The van der Waals surface area contributed by atoms with Gasteiger partial charge >= 0.3 is 5.97 Å². The maximum absolute atomic E-state index is 14.6. The zero-order valence-electron chi connectivity index (χ0n) is 21.5. The SMILES string of the molecule is C[C@@H](Nc1nnc(-c2ccccc2F)n(CC(=O)OC(C)(C)C)c1=O)c1ccc2oc3ccccc3c2c1. The monoisotopic (exact) mass is 514 g/mol. The van der Waals surface area contributed by atoms with Crippen molar-refractivity contribution < 1.29 is 18.3 Å². The quantitative estimate of drug-likeness (QED) is 0.283. The molecule has 0 saturated carbocycles. The molecule has 5 rings (SSSR count). The van der Waals surface area contributed by atoms with E-state index in [9.17, 15) is 14.0 Å². The number of nitrogens with one attached hydrogen (secondary N) is 1. The van der Waals surface area contributed by atoms with Gasteiger partial charge < -0.3 is 14.5 Å². The van der Waals surface area contributed by atoms with E-state index in [1.165, 1.54) is 18.2 Å². The van der Waals surface area contributed by atoms with E-state index in [1.807, 2.05) is 49.4 Å². The van der Waals surface area contributed by atoms with E-state index < -0.39 is 29.5 Å². The van der Waals surface area contributed by atoms with Gasteiger partial charge in [0.15, 0.2) is 5.82 Å². The predicted octanol–water partition coefficient (Wildman–Crippen LogP) is 5.86. The van der Waals surface area contributed by atoms with Gasteiger partial charge in [0.05, 0.1) is 11.6 Å². The van der Waals surface area contributed by atoms with E-state index in [2.05, 4.69) is 15.5 Å². The molecule has 0 fully saturated rings. The van der Waals surface area contributed by atoms with Crippen LogP contribution < -0.4 is 10.9 Å². The molecule has 9 heteroatoms. The molecule has 0 saturated heterocycles. The number of rotatable bonds is 6. The number of anilines is 1. The number of hydrogen-bond acceptors (Lipinski definition) is 7. The van der Waals surface area contributed by atoms with E-state index in [0.29, 0.717) is 0 Å². The lowest BCUT2D eigenvalue weighted by atomic mass is 10.0. The van der Waals surface area contributed by atoms with Crippen LogP contribution in [0.15, 0.2) is 75.9 Å². The average molecular weight is 515 g/mol. The van der Waals surface area contributed by atoms with Crippen molar-refractivity contribution in [1.29, 1.82) is 0 Å². The second kappa shape index (κ2) is 9.74. The average Bonchev–Trinajstić information content (AvgIpc) is 3.24. The Labute approximate surface area is 218 Å². The van der Waals surface area contributed by atoms with E-state index in [-0.39, 0.29) is 23.2 Å². The molecule has 0 spiro atoms. The van der Waals surface area contributed by atoms with Gasteiger partial charge in [-0.25, -0.2) is 4.39 Å². The second-order valence-electron chi connectivity index (χ2n) is 10.0. The van der Waals surface area contributed by atoms with Crippen molar-refractivity contribution in [1.82, 2.24) is 14.8 Å². The van der Waals surface area contributed by atoms with Crippen LogP contribution in [0, 0.1) is 5.82 Å². The first kappa shape index (κ1) is 25.1. The Morgan fingerprint density at radius 3 is 2.50 bits per heavy atom. The molecule has 0 bridgehead atoms. The molecule has 0 unspecified atom stereocenters. The molecule has 8 nitrogen and oxygen atoms in total. The number of ether oxygens (including phenoxy) is 1. The number of benzene rings is 3. The van der Waals surface area contributed by atoms with Crippen LogP contribution in [-0.2, 0) is 16.1 Å².